The zero-order valence-corrected chi connectivity index (χ0v) is 14.8. The van der Waals surface area contributed by atoms with E-state index in [9.17, 15) is 4.79 Å². The van der Waals surface area contributed by atoms with Crippen molar-refractivity contribution in [2.45, 2.75) is 57.9 Å². The Labute approximate surface area is 145 Å². The van der Waals surface area contributed by atoms with Gasteiger partial charge in [-0.1, -0.05) is 19.8 Å². The number of aryl methyl sites for hydroxylation is 1. The van der Waals surface area contributed by atoms with E-state index in [2.05, 4.69) is 22.2 Å². The minimum absolute atomic E-state index is 0.0314. The topological polar surface area (TPSA) is 64.1 Å². The lowest BCUT2D eigenvalue weighted by Gasteiger charge is -2.18. The van der Waals surface area contributed by atoms with Crippen molar-refractivity contribution in [3.63, 3.8) is 0 Å². The summed E-state index contributed by atoms with van der Waals surface area (Å²) in [6, 6.07) is 0.321. The van der Waals surface area contributed by atoms with E-state index >= 15 is 0 Å². The second-order valence-electron chi connectivity index (χ2n) is 7.05. The second-order valence-corrected chi connectivity index (χ2v) is 8.13. The molecule has 5 nitrogen and oxygen atoms in total. The highest BCUT2D eigenvalue weighted by atomic mass is 32.1. The second kappa shape index (κ2) is 6.67. The Bertz CT molecular complexity index is 752. The quantitative estimate of drug-likeness (QED) is 0.924. The number of aromatic nitrogens is 2. The first kappa shape index (κ1) is 15.8. The highest BCUT2D eigenvalue weighted by Crippen LogP contribution is 2.40. The Balaban J connectivity index is 1.50. The number of rotatable bonds is 4. The van der Waals surface area contributed by atoms with Crippen molar-refractivity contribution in [1.29, 1.82) is 0 Å². The Hall–Kier alpha value is -1.69. The molecule has 1 N–H and O–H groups in total. The zero-order valence-electron chi connectivity index (χ0n) is 14.0. The van der Waals surface area contributed by atoms with Crippen LogP contribution >= 0.6 is 11.3 Å². The SMILES string of the molecule is C[C@@H]1CCc2c(sc3ncnc(OCC(=O)NC4CCCC4)c23)C1. The van der Waals surface area contributed by atoms with Crippen molar-refractivity contribution in [1.82, 2.24) is 15.3 Å². The fourth-order valence-corrected chi connectivity index (χ4v) is 5.17. The van der Waals surface area contributed by atoms with Gasteiger partial charge in [0.05, 0.1) is 5.39 Å². The van der Waals surface area contributed by atoms with Gasteiger partial charge in [0.25, 0.3) is 5.91 Å². The maximum absolute atomic E-state index is 12.1. The average Bonchev–Trinajstić information content (AvgIpc) is 3.19. The molecule has 0 bridgehead atoms. The molecular formula is C18H23N3O2S. The van der Waals surface area contributed by atoms with Crippen molar-refractivity contribution >= 4 is 27.5 Å². The molecule has 2 heterocycles. The number of carbonyl (C=O) groups excluding carboxylic acids is 1. The van der Waals surface area contributed by atoms with Crippen molar-refractivity contribution in [2.24, 2.45) is 5.92 Å². The van der Waals surface area contributed by atoms with Gasteiger partial charge < -0.3 is 10.1 Å². The number of nitrogens with one attached hydrogen (secondary N) is 1. The minimum Gasteiger partial charge on any atom is -0.467 e. The molecule has 1 amide bonds. The van der Waals surface area contributed by atoms with E-state index in [0.29, 0.717) is 11.9 Å². The molecule has 2 aromatic rings. The molecule has 0 unspecified atom stereocenters. The first-order valence-electron chi connectivity index (χ1n) is 8.88. The van der Waals surface area contributed by atoms with Gasteiger partial charge in [-0.05, 0) is 43.6 Å². The van der Waals surface area contributed by atoms with Crippen LogP contribution < -0.4 is 10.1 Å². The summed E-state index contributed by atoms with van der Waals surface area (Å²) in [4.78, 5) is 23.2. The van der Waals surface area contributed by atoms with E-state index < -0.39 is 0 Å². The van der Waals surface area contributed by atoms with Crippen LogP contribution in [0.25, 0.3) is 10.2 Å². The van der Waals surface area contributed by atoms with E-state index in [1.807, 2.05) is 0 Å². The van der Waals surface area contributed by atoms with Crippen LogP contribution in [-0.4, -0.2) is 28.5 Å². The van der Waals surface area contributed by atoms with Gasteiger partial charge in [-0.15, -0.1) is 11.3 Å². The van der Waals surface area contributed by atoms with Crippen molar-refractivity contribution in [2.75, 3.05) is 6.61 Å². The summed E-state index contributed by atoms with van der Waals surface area (Å²) in [6.45, 7) is 2.33. The van der Waals surface area contributed by atoms with E-state index in [0.717, 1.165) is 41.8 Å². The fraction of sp³-hybridized carbons (Fsp3) is 0.611. The van der Waals surface area contributed by atoms with Crippen molar-refractivity contribution in [3.8, 4) is 5.88 Å². The maximum Gasteiger partial charge on any atom is 0.258 e. The van der Waals surface area contributed by atoms with Gasteiger partial charge in [0.15, 0.2) is 6.61 Å². The molecule has 24 heavy (non-hydrogen) atoms. The first-order chi connectivity index (χ1) is 11.7. The maximum atomic E-state index is 12.1. The summed E-state index contributed by atoms with van der Waals surface area (Å²) >= 11 is 1.75. The molecule has 0 aliphatic heterocycles. The Morgan fingerprint density at radius 2 is 2.17 bits per heavy atom. The van der Waals surface area contributed by atoms with E-state index in [1.54, 1.807) is 11.3 Å². The number of nitrogens with zero attached hydrogens (tertiary/aromatic N) is 2. The highest BCUT2D eigenvalue weighted by Gasteiger charge is 2.24. The van der Waals surface area contributed by atoms with Gasteiger partial charge >= 0.3 is 0 Å². The molecule has 4 rings (SSSR count). The number of thiophene rings is 1. The molecule has 2 aliphatic rings. The molecule has 0 spiro atoms. The summed E-state index contributed by atoms with van der Waals surface area (Å²) in [5.74, 6) is 1.24. The van der Waals surface area contributed by atoms with Crippen LogP contribution in [0, 0.1) is 5.92 Å². The van der Waals surface area contributed by atoms with E-state index in [1.165, 1.54) is 36.0 Å². The summed E-state index contributed by atoms with van der Waals surface area (Å²) in [5, 5.41) is 4.08. The minimum atomic E-state index is -0.0496. The third kappa shape index (κ3) is 3.11. The number of fused-ring (bicyclic) bond motifs is 3. The molecule has 1 saturated carbocycles. The van der Waals surface area contributed by atoms with Crippen molar-refractivity contribution < 1.29 is 9.53 Å². The smallest absolute Gasteiger partial charge is 0.258 e. The van der Waals surface area contributed by atoms with Crippen molar-refractivity contribution in [3.05, 3.63) is 16.8 Å². The Morgan fingerprint density at radius 3 is 3.00 bits per heavy atom. The molecule has 6 heteroatoms. The lowest BCUT2D eigenvalue weighted by atomic mass is 9.89. The summed E-state index contributed by atoms with van der Waals surface area (Å²) < 4.78 is 5.79. The third-order valence-corrected chi connectivity index (χ3v) is 6.28. The van der Waals surface area contributed by atoms with Gasteiger partial charge in [-0.3, -0.25) is 4.79 Å². The Morgan fingerprint density at radius 1 is 1.33 bits per heavy atom. The number of ether oxygens (including phenoxy) is 1. The standard InChI is InChI=1S/C18H23N3O2S/c1-11-6-7-13-14(8-11)24-18-16(13)17(19-10-20-18)23-9-15(22)21-12-4-2-3-5-12/h10-12H,2-9H2,1H3,(H,21,22)/t11-/m1/s1. The largest absolute Gasteiger partial charge is 0.467 e. The number of hydrogen-bond acceptors (Lipinski definition) is 5. The van der Waals surface area contributed by atoms with Crippen LogP contribution in [-0.2, 0) is 17.6 Å². The number of hydrogen-bond donors (Lipinski definition) is 1. The fourth-order valence-electron chi connectivity index (χ4n) is 3.83. The van der Waals surface area contributed by atoms with Gasteiger partial charge in [-0.2, -0.15) is 0 Å². The van der Waals surface area contributed by atoms with E-state index in [4.69, 9.17) is 4.74 Å². The predicted molar refractivity (Wildman–Crippen MR) is 94.5 cm³/mol. The number of carbonyl (C=O) groups is 1. The highest BCUT2D eigenvalue weighted by molar-refractivity contribution is 7.18. The van der Waals surface area contributed by atoms with Gasteiger partial charge in [0.1, 0.15) is 11.2 Å². The van der Waals surface area contributed by atoms with Crippen LogP contribution in [0.1, 0.15) is 49.5 Å². The molecule has 1 atom stereocenters. The average molecular weight is 345 g/mol. The zero-order chi connectivity index (χ0) is 16.5. The van der Waals surface area contributed by atoms with Crippen LogP contribution in [0.4, 0.5) is 0 Å². The van der Waals surface area contributed by atoms with Crippen LogP contribution in [0.5, 0.6) is 5.88 Å². The molecule has 2 aromatic heterocycles. The normalized spacial score (nSPS) is 21.0. The van der Waals surface area contributed by atoms with Gasteiger partial charge in [0.2, 0.25) is 5.88 Å². The summed E-state index contributed by atoms with van der Waals surface area (Å²) in [7, 11) is 0. The lowest BCUT2D eigenvalue weighted by Crippen LogP contribution is -2.36. The molecular weight excluding hydrogens is 322 g/mol. The summed E-state index contributed by atoms with van der Waals surface area (Å²) in [6.07, 6.45) is 9.47. The lowest BCUT2D eigenvalue weighted by molar-refractivity contribution is -0.123. The predicted octanol–water partition coefficient (Wildman–Crippen LogP) is 3.25. The van der Waals surface area contributed by atoms with Crippen LogP contribution in [0.2, 0.25) is 0 Å². The molecule has 2 aliphatic carbocycles. The first-order valence-corrected chi connectivity index (χ1v) is 9.69. The Kier molecular flexibility index (Phi) is 4.39. The van der Waals surface area contributed by atoms with E-state index in [-0.39, 0.29) is 12.5 Å². The third-order valence-electron chi connectivity index (χ3n) is 5.12. The van der Waals surface area contributed by atoms with Gasteiger partial charge in [-0.25, -0.2) is 9.97 Å². The molecule has 1 fully saturated rings. The summed E-state index contributed by atoms with van der Waals surface area (Å²) in [5.41, 5.74) is 1.33. The monoisotopic (exact) mass is 345 g/mol. The molecule has 0 radical (unpaired) electrons. The number of amides is 1. The molecule has 0 aromatic carbocycles. The van der Waals surface area contributed by atoms with Crippen LogP contribution in [0.3, 0.4) is 0 Å². The molecule has 0 saturated heterocycles. The molecule has 128 valence electrons. The van der Waals surface area contributed by atoms with Crippen LogP contribution in [0.15, 0.2) is 6.33 Å². The van der Waals surface area contributed by atoms with Gasteiger partial charge in [0, 0.05) is 10.9 Å².